The van der Waals surface area contributed by atoms with Gasteiger partial charge in [-0.25, -0.2) is 0 Å². The van der Waals surface area contributed by atoms with E-state index < -0.39 is 0 Å². The molecule has 1 fully saturated rings. The third-order valence-electron chi connectivity index (χ3n) is 2.19. The molecule has 1 unspecified atom stereocenters. The van der Waals surface area contributed by atoms with Gasteiger partial charge in [0.1, 0.15) is 5.25 Å². The summed E-state index contributed by atoms with van der Waals surface area (Å²) < 4.78 is 0. The molecule has 0 spiro atoms. The lowest BCUT2D eigenvalue weighted by molar-refractivity contribution is -0.125. The van der Waals surface area contributed by atoms with Crippen LogP contribution < -0.4 is 0 Å². The van der Waals surface area contributed by atoms with Crippen LogP contribution >= 0.6 is 11.8 Å². The van der Waals surface area contributed by atoms with Crippen LogP contribution in [0.4, 0.5) is 0 Å². The Morgan fingerprint density at radius 3 is 2.50 bits per heavy atom. The largest absolute Gasteiger partial charge is 0.294 e. The number of likely N-dealkylation sites (N-methyl/N-ethyl adjacent to an activating group) is 1. The lowest BCUT2D eigenvalue weighted by atomic mass is 10.1. The highest BCUT2D eigenvalue weighted by Gasteiger charge is 2.35. The standard InChI is InChI=1S/C10H10N2OS/c1-12-9(13)8(14-10(12)11)7-5-3-2-4-6-7/h2-6,8,11H,1H3. The van der Waals surface area contributed by atoms with Gasteiger partial charge in [0.05, 0.1) is 0 Å². The zero-order chi connectivity index (χ0) is 10.1. The number of nitrogens with one attached hydrogen (secondary N) is 1. The number of hydrogen-bond acceptors (Lipinski definition) is 3. The van der Waals surface area contributed by atoms with Crippen LogP contribution in [0.2, 0.25) is 0 Å². The number of benzene rings is 1. The van der Waals surface area contributed by atoms with Crippen molar-refractivity contribution in [3.63, 3.8) is 0 Å². The molecule has 0 radical (unpaired) electrons. The number of hydrogen-bond donors (Lipinski definition) is 1. The summed E-state index contributed by atoms with van der Waals surface area (Å²) in [6, 6.07) is 9.57. The minimum Gasteiger partial charge on any atom is -0.294 e. The number of carbonyl (C=O) groups excluding carboxylic acids is 1. The van der Waals surface area contributed by atoms with E-state index in [-0.39, 0.29) is 11.2 Å². The second kappa shape index (κ2) is 3.46. The minimum atomic E-state index is -0.228. The van der Waals surface area contributed by atoms with E-state index in [1.807, 2.05) is 30.3 Å². The van der Waals surface area contributed by atoms with Crippen molar-refractivity contribution in [1.82, 2.24) is 4.90 Å². The minimum absolute atomic E-state index is 0.00815. The van der Waals surface area contributed by atoms with Gasteiger partial charge >= 0.3 is 0 Å². The first-order valence-electron chi connectivity index (χ1n) is 4.28. The molecule has 0 aromatic heterocycles. The fraction of sp³-hybridized carbons (Fsp3) is 0.200. The topological polar surface area (TPSA) is 44.2 Å². The summed E-state index contributed by atoms with van der Waals surface area (Å²) >= 11 is 1.29. The van der Waals surface area contributed by atoms with Gasteiger partial charge in [0, 0.05) is 7.05 Å². The number of nitrogens with zero attached hydrogens (tertiary/aromatic N) is 1. The Morgan fingerprint density at radius 2 is 2.00 bits per heavy atom. The number of thioether (sulfide) groups is 1. The molecule has 0 bridgehead atoms. The molecule has 0 aliphatic carbocycles. The molecule has 14 heavy (non-hydrogen) atoms. The van der Waals surface area contributed by atoms with Gasteiger partial charge in [-0.15, -0.1) is 0 Å². The fourth-order valence-corrected chi connectivity index (χ4v) is 2.38. The van der Waals surface area contributed by atoms with Crippen molar-refractivity contribution in [2.45, 2.75) is 5.25 Å². The summed E-state index contributed by atoms with van der Waals surface area (Å²) in [5, 5.41) is 7.63. The molecule has 1 aromatic carbocycles. The van der Waals surface area contributed by atoms with E-state index in [0.29, 0.717) is 5.17 Å². The van der Waals surface area contributed by atoms with Crippen LogP contribution in [0.1, 0.15) is 10.8 Å². The van der Waals surface area contributed by atoms with E-state index in [2.05, 4.69) is 0 Å². The molecule has 72 valence electrons. The molecule has 1 aliphatic rings. The molecule has 3 nitrogen and oxygen atoms in total. The summed E-state index contributed by atoms with van der Waals surface area (Å²) in [7, 11) is 1.64. The van der Waals surface area contributed by atoms with E-state index >= 15 is 0 Å². The third kappa shape index (κ3) is 1.42. The molecule has 1 atom stereocenters. The SMILES string of the molecule is CN1C(=N)SC(c2ccccc2)C1=O. The normalized spacial score (nSPS) is 21.8. The van der Waals surface area contributed by atoms with Crippen molar-refractivity contribution in [1.29, 1.82) is 5.41 Å². The Balaban J connectivity index is 2.30. The molecule has 1 saturated heterocycles. The van der Waals surface area contributed by atoms with Gasteiger partial charge in [0.15, 0.2) is 5.17 Å². The summed E-state index contributed by atoms with van der Waals surface area (Å²) in [5.74, 6) is -0.00815. The van der Waals surface area contributed by atoms with Gasteiger partial charge in [-0.05, 0) is 5.56 Å². The van der Waals surface area contributed by atoms with E-state index in [0.717, 1.165) is 5.56 Å². The molecule has 2 rings (SSSR count). The highest BCUT2D eigenvalue weighted by atomic mass is 32.2. The zero-order valence-electron chi connectivity index (χ0n) is 7.73. The van der Waals surface area contributed by atoms with Crippen molar-refractivity contribution in [2.24, 2.45) is 0 Å². The lowest BCUT2D eigenvalue weighted by Crippen LogP contribution is -2.24. The van der Waals surface area contributed by atoms with Crippen LogP contribution in [0.25, 0.3) is 0 Å². The Hall–Kier alpha value is -1.29. The second-order valence-corrected chi connectivity index (χ2v) is 4.20. The lowest BCUT2D eigenvalue weighted by Gasteiger charge is -2.07. The van der Waals surface area contributed by atoms with Crippen molar-refractivity contribution in [3.05, 3.63) is 35.9 Å². The summed E-state index contributed by atoms with van der Waals surface area (Å²) in [6.45, 7) is 0. The van der Waals surface area contributed by atoms with E-state index in [9.17, 15) is 4.79 Å². The predicted octanol–water partition coefficient (Wildman–Crippen LogP) is 1.87. The summed E-state index contributed by atoms with van der Waals surface area (Å²) in [4.78, 5) is 13.1. The first kappa shape index (κ1) is 9.27. The predicted molar refractivity (Wildman–Crippen MR) is 57.3 cm³/mol. The van der Waals surface area contributed by atoms with Gasteiger partial charge in [-0.2, -0.15) is 0 Å². The Labute approximate surface area is 86.6 Å². The van der Waals surface area contributed by atoms with Crippen molar-refractivity contribution in [3.8, 4) is 0 Å². The second-order valence-electron chi connectivity index (χ2n) is 3.11. The van der Waals surface area contributed by atoms with Crippen LogP contribution in [-0.4, -0.2) is 23.0 Å². The van der Waals surface area contributed by atoms with Gasteiger partial charge in [0.25, 0.3) is 0 Å². The molecular formula is C10H10N2OS. The van der Waals surface area contributed by atoms with Gasteiger partial charge in [-0.3, -0.25) is 15.1 Å². The number of carbonyl (C=O) groups is 1. The average molecular weight is 206 g/mol. The Kier molecular flexibility index (Phi) is 2.29. The third-order valence-corrected chi connectivity index (χ3v) is 3.40. The fourth-order valence-electron chi connectivity index (χ4n) is 1.36. The van der Waals surface area contributed by atoms with Crippen LogP contribution in [-0.2, 0) is 4.79 Å². The van der Waals surface area contributed by atoms with E-state index in [1.54, 1.807) is 7.05 Å². The highest BCUT2D eigenvalue weighted by Crippen LogP contribution is 2.37. The Bertz CT molecular complexity index is 377. The average Bonchev–Trinajstić information content (AvgIpc) is 2.47. The maximum absolute atomic E-state index is 11.7. The molecule has 4 heteroatoms. The molecule has 0 saturated carbocycles. The number of amides is 1. The summed E-state index contributed by atoms with van der Waals surface area (Å²) in [6.07, 6.45) is 0. The van der Waals surface area contributed by atoms with Gasteiger partial charge in [0.2, 0.25) is 5.91 Å². The molecule has 1 heterocycles. The van der Waals surface area contributed by atoms with Gasteiger partial charge in [-0.1, -0.05) is 42.1 Å². The monoisotopic (exact) mass is 206 g/mol. The molecule has 1 aromatic rings. The smallest absolute Gasteiger partial charge is 0.246 e. The number of rotatable bonds is 1. The quantitative estimate of drug-likeness (QED) is 0.762. The summed E-state index contributed by atoms with van der Waals surface area (Å²) in [5.41, 5.74) is 0.969. The van der Waals surface area contributed by atoms with Crippen LogP contribution in [0.3, 0.4) is 0 Å². The maximum atomic E-state index is 11.7. The molecule has 1 N–H and O–H groups in total. The van der Waals surface area contributed by atoms with Crippen LogP contribution in [0.5, 0.6) is 0 Å². The molecule has 1 amide bonds. The maximum Gasteiger partial charge on any atom is 0.246 e. The number of amidine groups is 1. The van der Waals surface area contributed by atoms with Crippen LogP contribution in [0.15, 0.2) is 30.3 Å². The first-order chi connectivity index (χ1) is 6.70. The first-order valence-corrected chi connectivity index (χ1v) is 5.16. The van der Waals surface area contributed by atoms with Gasteiger partial charge < -0.3 is 0 Å². The van der Waals surface area contributed by atoms with Crippen molar-refractivity contribution >= 4 is 22.8 Å². The zero-order valence-corrected chi connectivity index (χ0v) is 8.54. The van der Waals surface area contributed by atoms with E-state index in [1.165, 1.54) is 16.7 Å². The van der Waals surface area contributed by atoms with Crippen LogP contribution in [0, 0.1) is 5.41 Å². The highest BCUT2D eigenvalue weighted by molar-refractivity contribution is 8.15. The molecule has 1 aliphatic heterocycles. The Morgan fingerprint density at radius 1 is 1.36 bits per heavy atom. The molecular weight excluding hydrogens is 196 g/mol. The van der Waals surface area contributed by atoms with E-state index in [4.69, 9.17) is 5.41 Å². The van der Waals surface area contributed by atoms with Crippen molar-refractivity contribution in [2.75, 3.05) is 7.05 Å². The van der Waals surface area contributed by atoms with Crippen molar-refractivity contribution < 1.29 is 4.79 Å².